The van der Waals surface area contributed by atoms with E-state index >= 15 is 0 Å². The maximum atomic E-state index is 5.31. The summed E-state index contributed by atoms with van der Waals surface area (Å²) < 4.78 is 0. The second kappa shape index (κ2) is 3.25. The van der Waals surface area contributed by atoms with Gasteiger partial charge in [0.05, 0.1) is 11.0 Å². The highest BCUT2D eigenvalue weighted by Gasteiger charge is 1.87. The lowest BCUT2D eigenvalue weighted by Crippen LogP contribution is -2.10. The molecule has 0 bridgehead atoms. The van der Waals surface area contributed by atoms with Gasteiger partial charge in [-0.25, -0.2) is 0 Å². The summed E-state index contributed by atoms with van der Waals surface area (Å²) in [6.45, 7) is 1.73. The molecule has 0 radical (unpaired) electrons. The van der Waals surface area contributed by atoms with Gasteiger partial charge in [0, 0.05) is 0 Å². The van der Waals surface area contributed by atoms with E-state index in [9.17, 15) is 0 Å². The molecule has 0 aliphatic rings. The van der Waals surface area contributed by atoms with Crippen molar-refractivity contribution in [2.75, 3.05) is 0 Å². The smallest absolute Gasteiger partial charge is 0.0995 e. The molecule has 0 atom stereocenters. The number of allylic oxidation sites excluding steroid dienone is 2. The second-order valence-corrected chi connectivity index (χ2v) is 2.10. The van der Waals surface area contributed by atoms with E-state index in [2.05, 4.69) is 0 Å². The van der Waals surface area contributed by atoms with E-state index in [-0.39, 0.29) is 11.0 Å². The van der Waals surface area contributed by atoms with Crippen LogP contribution in [0.25, 0.3) is 0 Å². The maximum absolute atomic E-state index is 5.31. The van der Waals surface area contributed by atoms with Crippen molar-refractivity contribution in [3.05, 3.63) is 22.6 Å². The topological polar surface area (TPSA) is 78.1 Å². The molecule has 0 fully saturated rings. The Morgan fingerprint density at radius 2 is 1.78 bits per heavy atom. The predicted octanol–water partition coefficient (Wildman–Crippen LogP) is 0.174. The SMILES string of the molecule is CC(/C=C(\N)Cl)=C(N)N. The first-order chi connectivity index (χ1) is 4.04. The molecule has 0 aromatic carbocycles. The van der Waals surface area contributed by atoms with E-state index in [1.807, 2.05) is 0 Å². The van der Waals surface area contributed by atoms with Crippen molar-refractivity contribution in [3.8, 4) is 0 Å². The second-order valence-electron chi connectivity index (χ2n) is 1.67. The van der Waals surface area contributed by atoms with E-state index in [4.69, 9.17) is 28.8 Å². The predicted molar refractivity (Wildman–Crippen MR) is 39.2 cm³/mol. The Labute approximate surface area is 59.1 Å². The third-order valence-electron chi connectivity index (χ3n) is 0.810. The van der Waals surface area contributed by atoms with Gasteiger partial charge in [0.15, 0.2) is 0 Å². The van der Waals surface area contributed by atoms with Gasteiger partial charge < -0.3 is 17.2 Å². The summed E-state index contributed by atoms with van der Waals surface area (Å²) in [5, 5.41) is 0.181. The van der Waals surface area contributed by atoms with E-state index in [1.165, 1.54) is 6.08 Å². The van der Waals surface area contributed by atoms with Crippen LogP contribution in [-0.2, 0) is 0 Å². The summed E-state index contributed by atoms with van der Waals surface area (Å²) in [7, 11) is 0. The largest absolute Gasteiger partial charge is 0.389 e. The Bertz CT molecular complexity index is 152. The summed E-state index contributed by atoms with van der Waals surface area (Å²) >= 11 is 5.31. The third-order valence-corrected chi connectivity index (χ3v) is 0.919. The van der Waals surface area contributed by atoms with Gasteiger partial charge in [0.2, 0.25) is 0 Å². The molecule has 0 unspecified atom stereocenters. The van der Waals surface area contributed by atoms with Gasteiger partial charge in [-0.1, -0.05) is 11.6 Å². The number of hydrogen-bond donors (Lipinski definition) is 3. The van der Waals surface area contributed by atoms with Crippen LogP contribution >= 0.6 is 11.6 Å². The normalized spacial score (nSPS) is 11.1. The highest BCUT2D eigenvalue weighted by Crippen LogP contribution is 1.99. The molecule has 0 aliphatic heterocycles. The lowest BCUT2D eigenvalue weighted by atomic mass is 10.3. The average Bonchev–Trinajstić information content (AvgIpc) is 1.63. The highest BCUT2D eigenvalue weighted by atomic mass is 35.5. The summed E-state index contributed by atoms with van der Waals surface area (Å²) in [6, 6.07) is 0. The van der Waals surface area contributed by atoms with Gasteiger partial charge in [-0.2, -0.15) is 0 Å². The molecule has 4 heteroatoms. The molecule has 52 valence electrons. The van der Waals surface area contributed by atoms with Gasteiger partial charge in [-0.05, 0) is 18.6 Å². The maximum Gasteiger partial charge on any atom is 0.0995 e. The molecule has 0 saturated carbocycles. The highest BCUT2D eigenvalue weighted by molar-refractivity contribution is 6.29. The monoisotopic (exact) mass is 147 g/mol. The fraction of sp³-hybridized carbons (Fsp3) is 0.200. The van der Waals surface area contributed by atoms with Gasteiger partial charge in [0.1, 0.15) is 0 Å². The van der Waals surface area contributed by atoms with Crippen molar-refractivity contribution in [1.29, 1.82) is 0 Å². The van der Waals surface area contributed by atoms with Crippen molar-refractivity contribution >= 4 is 11.6 Å². The molecule has 0 heterocycles. The lowest BCUT2D eigenvalue weighted by Gasteiger charge is -1.94. The minimum absolute atomic E-state index is 0.181. The van der Waals surface area contributed by atoms with Crippen molar-refractivity contribution in [1.82, 2.24) is 0 Å². The summed E-state index contributed by atoms with van der Waals surface area (Å²) in [4.78, 5) is 0. The molecule has 9 heavy (non-hydrogen) atoms. The average molecular weight is 148 g/mol. The molecule has 0 aromatic rings. The van der Waals surface area contributed by atoms with E-state index in [0.29, 0.717) is 5.57 Å². The summed E-state index contributed by atoms with van der Waals surface area (Å²) in [6.07, 6.45) is 1.50. The number of halogens is 1. The summed E-state index contributed by atoms with van der Waals surface area (Å²) in [5.74, 6) is 0.235. The van der Waals surface area contributed by atoms with Crippen LogP contribution in [0.5, 0.6) is 0 Å². The number of hydrogen-bond acceptors (Lipinski definition) is 3. The molecule has 0 saturated heterocycles. The first-order valence-electron chi connectivity index (χ1n) is 2.38. The zero-order valence-electron chi connectivity index (χ0n) is 5.19. The Balaban J connectivity index is 4.25. The van der Waals surface area contributed by atoms with Gasteiger partial charge in [0.25, 0.3) is 0 Å². The van der Waals surface area contributed by atoms with Gasteiger partial charge in [-0.3, -0.25) is 0 Å². The Kier molecular flexibility index (Phi) is 2.95. The van der Waals surface area contributed by atoms with Crippen molar-refractivity contribution < 1.29 is 0 Å². The zero-order valence-corrected chi connectivity index (χ0v) is 5.94. The first kappa shape index (κ1) is 8.17. The van der Waals surface area contributed by atoms with E-state index < -0.39 is 0 Å². The van der Waals surface area contributed by atoms with Crippen LogP contribution in [0.1, 0.15) is 6.92 Å². The van der Waals surface area contributed by atoms with Crippen LogP contribution in [0.3, 0.4) is 0 Å². The minimum Gasteiger partial charge on any atom is -0.389 e. The molecule has 0 amide bonds. The third kappa shape index (κ3) is 3.73. The Morgan fingerprint density at radius 1 is 1.33 bits per heavy atom. The first-order valence-corrected chi connectivity index (χ1v) is 2.76. The molecule has 0 aromatic heterocycles. The fourth-order valence-corrected chi connectivity index (χ4v) is 0.454. The van der Waals surface area contributed by atoms with Crippen LogP contribution in [0.15, 0.2) is 22.6 Å². The van der Waals surface area contributed by atoms with Crippen LogP contribution < -0.4 is 17.2 Å². The Morgan fingerprint density at radius 3 is 1.89 bits per heavy atom. The fourth-order valence-electron chi connectivity index (χ4n) is 0.290. The van der Waals surface area contributed by atoms with Crippen LogP contribution in [0.4, 0.5) is 0 Å². The molecular formula is C5H10ClN3. The summed E-state index contributed by atoms with van der Waals surface area (Å²) in [5.41, 5.74) is 16.2. The molecule has 0 aliphatic carbocycles. The zero-order chi connectivity index (χ0) is 7.44. The van der Waals surface area contributed by atoms with Crippen molar-refractivity contribution in [2.24, 2.45) is 17.2 Å². The quantitative estimate of drug-likeness (QED) is 0.366. The lowest BCUT2D eigenvalue weighted by molar-refractivity contribution is 1.18. The van der Waals surface area contributed by atoms with Crippen LogP contribution in [0, 0.1) is 0 Å². The van der Waals surface area contributed by atoms with Crippen molar-refractivity contribution in [2.45, 2.75) is 6.92 Å². The van der Waals surface area contributed by atoms with Gasteiger partial charge >= 0.3 is 0 Å². The van der Waals surface area contributed by atoms with Crippen molar-refractivity contribution in [3.63, 3.8) is 0 Å². The van der Waals surface area contributed by atoms with Gasteiger partial charge in [-0.15, -0.1) is 0 Å². The Hall–Kier alpha value is -0.830. The minimum atomic E-state index is 0.181. The van der Waals surface area contributed by atoms with E-state index in [0.717, 1.165) is 0 Å². The van der Waals surface area contributed by atoms with E-state index in [1.54, 1.807) is 6.92 Å². The number of nitrogens with two attached hydrogens (primary N) is 3. The molecule has 3 nitrogen and oxygen atoms in total. The molecular weight excluding hydrogens is 138 g/mol. The standard InChI is InChI=1S/C5H10ClN3/c1-3(5(8)9)2-4(6)7/h2H,7-9H2,1H3/b4-2-. The molecule has 0 spiro atoms. The molecule has 0 rings (SSSR count). The van der Waals surface area contributed by atoms with Crippen LogP contribution in [-0.4, -0.2) is 0 Å². The number of rotatable bonds is 1. The van der Waals surface area contributed by atoms with Crippen LogP contribution in [0.2, 0.25) is 0 Å². The molecule has 6 N–H and O–H groups in total.